The summed E-state index contributed by atoms with van der Waals surface area (Å²) >= 11 is 0. The second-order valence-electron chi connectivity index (χ2n) is 9.97. The van der Waals surface area contributed by atoms with Crippen molar-refractivity contribution < 1.29 is 22.2 Å². The zero-order valence-electron chi connectivity index (χ0n) is 23.7. The average Bonchev–Trinajstić information content (AvgIpc) is 2.71. The molecule has 0 aromatic rings. The largest absolute Gasteiger partial charge is 1.00 e. The van der Waals surface area contributed by atoms with Gasteiger partial charge in [0.1, 0.15) is 0 Å². The minimum absolute atomic E-state index is 0. The highest BCUT2D eigenvalue weighted by Crippen LogP contribution is 2.13. The Morgan fingerprint density at radius 3 is 0.812 bits per heavy atom. The Hall–Kier alpha value is 0.170. The van der Waals surface area contributed by atoms with Crippen LogP contribution in [0.5, 0.6) is 0 Å². The third-order valence-electron chi connectivity index (χ3n) is 5.53. The summed E-state index contributed by atoms with van der Waals surface area (Å²) in [6.45, 7) is 9.90. The first-order valence-electron chi connectivity index (χ1n) is 14.2. The minimum atomic E-state index is 0. The van der Waals surface area contributed by atoms with Crippen LogP contribution in [0.3, 0.4) is 0 Å². The van der Waals surface area contributed by atoms with Crippen LogP contribution in [-0.4, -0.2) is 47.8 Å². The van der Waals surface area contributed by atoms with E-state index in [1.165, 1.54) is 132 Å². The molecule has 3 N–H and O–H groups in total. The first-order valence-corrected chi connectivity index (χ1v) is 14.2. The zero-order chi connectivity index (χ0) is 24.0. The van der Waals surface area contributed by atoms with Gasteiger partial charge in [-0.15, -0.1) is 0 Å². The molecule has 0 rings (SSSR count). The van der Waals surface area contributed by atoms with E-state index >= 15 is 0 Å². The Bertz CT molecular complexity index is 247. The SMILES string of the molecule is CCCCCCCCCCCCCCCCCC[NH-].CCC[NH+](C)C.CCC[NH+](C)C.[Cl-]. The number of halogens is 1. The lowest BCUT2D eigenvalue weighted by Crippen LogP contribution is -3.05. The number of quaternary nitrogens is 2. The van der Waals surface area contributed by atoms with E-state index in [1.807, 2.05) is 0 Å². The third kappa shape index (κ3) is 52.2. The number of nitrogens with one attached hydrogen (secondary N) is 3. The van der Waals surface area contributed by atoms with Gasteiger partial charge in [-0.1, -0.05) is 124 Å². The summed E-state index contributed by atoms with van der Waals surface area (Å²) in [6, 6.07) is 0. The van der Waals surface area contributed by atoms with Crippen molar-refractivity contribution in [1.29, 1.82) is 0 Å². The van der Waals surface area contributed by atoms with E-state index in [0.717, 1.165) is 6.42 Å². The fourth-order valence-corrected chi connectivity index (χ4v) is 3.67. The summed E-state index contributed by atoms with van der Waals surface area (Å²) in [6.07, 6.45) is 25.1. The lowest BCUT2D eigenvalue weighted by Gasteiger charge is -2.04. The van der Waals surface area contributed by atoms with Gasteiger partial charge < -0.3 is 27.9 Å². The monoisotopic (exact) mass is 479 g/mol. The topological polar surface area (TPSA) is 32.7 Å². The second kappa shape index (κ2) is 38.4. The van der Waals surface area contributed by atoms with Crippen LogP contribution in [0.4, 0.5) is 0 Å². The molecule has 0 aliphatic heterocycles. The van der Waals surface area contributed by atoms with Gasteiger partial charge in [-0.3, -0.25) is 0 Å². The molecular formula is C28H66ClN3. The Morgan fingerprint density at radius 1 is 0.406 bits per heavy atom. The summed E-state index contributed by atoms with van der Waals surface area (Å²) in [5.41, 5.74) is 7.08. The molecule has 0 saturated heterocycles. The number of rotatable bonds is 20. The van der Waals surface area contributed by atoms with Gasteiger partial charge in [0.15, 0.2) is 0 Å². The van der Waals surface area contributed by atoms with Crippen molar-refractivity contribution in [1.82, 2.24) is 0 Å². The van der Waals surface area contributed by atoms with Crippen LogP contribution in [0.15, 0.2) is 0 Å². The molecule has 0 aromatic heterocycles. The highest BCUT2D eigenvalue weighted by Gasteiger charge is 1.93. The first kappa shape index (κ1) is 39.4. The molecule has 3 nitrogen and oxygen atoms in total. The summed E-state index contributed by atoms with van der Waals surface area (Å²) in [7, 11) is 8.68. The molecule has 0 radical (unpaired) electrons. The molecule has 4 heteroatoms. The van der Waals surface area contributed by atoms with Crippen LogP contribution in [0.25, 0.3) is 5.73 Å². The van der Waals surface area contributed by atoms with Crippen LogP contribution in [0.1, 0.15) is 136 Å². The van der Waals surface area contributed by atoms with Gasteiger partial charge >= 0.3 is 0 Å². The van der Waals surface area contributed by atoms with Gasteiger partial charge in [0.25, 0.3) is 0 Å². The molecule has 0 atom stereocenters. The molecule has 0 aliphatic carbocycles. The number of hydrogen-bond donors (Lipinski definition) is 2. The quantitative estimate of drug-likeness (QED) is 0.251. The summed E-state index contributed by atoms with van der Waals surface area (Å²) in [5.74, 6) is 0. The highest BCUT2D eigenvalue weighted by molar-refractivity contribution is 4.53. The van der Waals surface area contributed by atoms with E-state index in [9.17, 15) is 0 Å². The Balaban J connectivity index is -0.000000248. The molecule has 0 aromatic carbocycles. The van der Waals surface area contributed by atoms with E-state index in [1.54, 1.807) is 0 Å². The van der Waals surface area contributed by atoms with E-state index in [-0.39, 0.29) is 12.4 Å². The van der Waals surface area contributed by atoms with Gasteiger partial charge in [0, 0.05) is 0 Å². The highest BCUT2D eigenvalue weighted by atomic mass is 35.5. The molecule has 0 heterocycles. The Kier molecular flexibility index (Phi) is 47.3. The smallest absolute Gasteiger partial charge is 0.0764 e. The van der Waals surface area contributed by atoms with Crippen LogP contribution >= 0.6 is 0 Å². The van der Waals surface area contributed by atoms with Gasteiger partial charge in [-0.05, 0) is 12.8 Å². The molecule has 0 spiro atoms. The van der Waals surface area contributed by atoms with Crippen LogP contribution in [0, 0.1) is 0 Å². The maximum absolute atomic E-state index is 7.08. The van der Waals surface area contributed by atoms with Crippen molar-refractivity contribution in [2.75, 3.05) is 47.8 Å². The van der Waals surface area contributed by atoms with Gasteiger partial charge in [0.2, 0.25) is 0 Å². The van der Waals surface area contributed by atoms with Crippen molar-refractivity contribution in [3.63, 3.8) is 0 Å². The van der Waals surface area contributed by atoms with E-state index < -0.39 is 0 Å². The van der Waals surface area contributed by atoms with E-state index in [2.05, 4.69) is 49.0 Å². The fraction of sp³-hybridized carbons (Fsp3) is 1.00. The summed E-state index contributed by atoms with van der Waals surface area (Å²) < 4.78 is 0. The van der Waals surface area contributed by atoms with Crippen LogP contribution in [0.2, 0.25) is 0 Å². The van der Waals surface area contributed by atoms with E-state index in [0.29, 0.717) is 6.54 Å². The normalized spacial score (nSPS) is 10.3. The molecular weight excluding hydrogens is 414 g/mol. The molecule has 0 amide bonds. The zero-order valence-corrected chi connectivity index (χ0v) is 24.5. The fourth-order valence-electron chi connectivity index (χ4n) is 3.67. The minimum Gasteiger partial charge on any atom is -1.00 e. The predicted octanol–water partition coefficient (Wildman–Crippen LogP) is 3.39. The number of hydrogen-bond acceptors (Lipinski definition) is 0. The van der Waals surface area contributed by atoms with Crippen molar-refractivity contribution in [2.45, 2.75) is 136 Å². The van der Waals surface area contributed by atoms with Crippen molar-refractivity contribution in [3.05, 3.63) is 5.73 Å². The summed E-state index contributed by atoms with van der Waals surface area (Å²) in [4.78, 5) is 3.08. The molecule has 32 heavy (non-hydrogen) atoms. The molecule has 0 aliphatic rings. The van der Waals surface area contributed by atoms with Crippen molar-refractivity contribution in [2.24, 2.45) is 0 Å². The molecule has 0 bridgehead atoms. The molecule has 0 unspecified atom stereocenters. The second-order valence-corrected chi connectivity index (χ2v) is 9.97. The Morgan fingerprint density at radius 2 is 0.656 bits per heavy atom. The molecule has 200 valence electrons. The predicted molar refractivity (Wildman–Crippen MR) is 145 cm³/mol. The maximum Gasteiger partial charge on any atom is 0.0764 e. The lowest BCUT2D eigenvalue weighted by atomic mass is 10.0. The van der Waals surface area contributed by atoms with Crippen molar-refractivity contribution in [3.8, 4) is 0 Å². The van der Waals surface area contributed by atoms with Crippen molar-refractivity contribution >= 4 is 0 Å². The van der Waals surface area contributed by atoms with Gasteiger partial charge in [0.05, 0.1) is 41.3 Å². The summed E-state index contributed by atoms with van der Waals surface area (Å²) in [5, 5.41) is 0. The lowest BCUT2D eigenvalue weighted by molar-refractivity contribution is -0.858. The van der Waals surface area contributed by atoms with Gasteiger partial charge in [-0.2, -0.15) is 6.54 Å². The molecule has 0 saturated carbocycles. The van der Waals surface area contributed by atoms with Gasteiger partial charge in [-0.25, -0.2) is 0 Å². The first-order chi connectivity index (χ1) is 15.0. The maximum atomic E-state index is 7.08. The average molecular weight is 480 g/mol. The van der Waals surface area contributed by atoms with Crippen LogP contribution in [-0.2, 0) is 0 Å². The third-order valence-corrected chi connectivity index (χ3v) is 5.53. The van der Waals surface area contributed by atoms with E-state index in [4.69, 9.17) is 5.73 Å². The standard InChI is InChI=1S/C18H38N.2C5H13N.ClH/c1-2-3-4-5-6-7-8-9-10-11-12-13-14-15-16-17-18-19;2*1-4-5-6(2)3;/h19H,2-18H2,1H3;2*4-5H2,1-3H3;1H/q-1;;;/p+1. The van der Waals surface area contributed by atoms with Crippen LogP contribution < -0.4 is 22.2 Å². The number of unbranched alkanes of at least 4 members (excludes halogenated alkanes) is 15. The Labute approximate surface area is 212 Å². The molecule has 0 fully saturated rings.